The largest absolute Gasteiger partial charge is 0.493 e. The molecule has 0 spiro atoms. The molecule has 0 saturated heterocycles. The van der Waals surface area contributed by atoms with Gasteiger partial charge in [-0.1, -0.05) is 12.1 Å². The molecule has 0 aliphatic rings. The van der Waals surface area contributed by atoms with Gasteiger partial charge in [0.15, 0.2) is 17.1 Å². The van der Waals surface area contributed by atoms with Gasteiger partial charge in [-0.05, 0) is 37.1 Å². The van der Waals surface area contributed by atoms with E-state index in [4.69, 9.17) is 13.6 Å². The Morgan fingerprint density at radius 1 is 1.36 bits per heavy atom. The van der Waals surface area contributed by atoms with Crippen LogP contribution in [0.2, 0.25) is 0 Å². The zero-order chi connectivity index (χ0) is 15.5. The number of amides is 1. The zero-order valence-corrected chi connectivity index (χ0v) is 12.5. The van der Waals surface area contributed by atoms with Crippen LogP contribution < -0.4 is 10.1 Å². The molecule has 2 aromatic heterocycles. The van der Waals surface area contributed by atoms with E-state index < -0.39 is 0 Å². The van der Waals surface area contributed by atoms with E-state index in [-0.39, 0.29) is 17.7 Å². The first-order valence-corrected chi connectivity index (χ1v) is 7.06. The molecule has 5 nitrogen and oxygen atoms in total. The lowest BCUT2D eigenvalue weighted by Crippen LogP contribution is -2.33. The summed E-state index contributed by atoms with van der Waals surface area (Å²) in [5.41, 5.74) is 1.62. The Morgan fingerprint density at radius 2 is 2.23 bits per heavy atom. The second kappa shape index (κ2) is 5.97. The standard InChI is InChI=1S/C17H17NO4/c1-11(8-12-6-7-21-10-12)18-17(19)15-9-13-4-3-5-14(20-2)16(13)22-15/h3-7,9-11H,8H2,1-2H3,(H,18,19). The van der Waals surface area contributed by atoms with Crippen molar-refractivity contribution in [1.82, 2.24) is 5.32 Å². The fourth-order valence-corrected chi connectivity index (χ4v) is 2.42. The summed E-state index contributed by atoms with van der Waals surface area (Å²) in [5, 5.41) is 3.76. The van der Waals surface area contributed by atoms with Crippen molar-refractivity contribution in [3.63, 3.8) is 0 Å². The highest BCUT2D eigenvalue weighted by molar-refractivity contribution is 5.97. The van der Waals surface area contributed by atoms with Crippen LogP contribution in [-0.2, 0) is 6.42 Å². The van der Waals surface area contributed by atoms with E-state index in [1.807, 2.05) is 25.1 Å². The third-order valence-corrected chi connectivity index (χ3v) is 3.45. The van der Waals surface area contributed by atoms with Crippen LogP contribution in [0.5, 0.6) is 5.75 Å². The molecule has 22 heavy (non-hydrogen) atoms. The first-order chi connectivity index (χ1) is 10.7. The predicted molar refractivity (Wildman–Crippen MR) is 82.1 cm³/mol. The summed E-state index contributed by atoms with van der Waals surface area (Å²) in [4.78, 5) is 12.3. The smallest absolute Gasteiger partial charge is 0.287 e. The molecule has 5 heteroatoms. The molecular weight excluding hydrogens is 282 g/mol. The van der Waals surface area contributed by atoms with Crippen LogP contribution in [0.3, 0.4) is 0 Å². The summed E-state index contributed by atoms with van der Waals surface area (Å²) in [7, 11) is 1.57. The highest BCUT2D eigenvalue weighted by atomic mass is 16.5. The third kappa shape index (κ3) is 2.83. The molecule has 3 aromatic rings. The van der Waals surface area contributed by atoms with Crippen molar-refractivity contribution in [1.29, 1.82) is 0 Å². The van der Waals surface area contributed by atoms with Crippen molar-refractivity contribution in [2.75, 3.05) is 7.11 Å². The summed E-state index contributed by atoms with van der Waals surface area (Å²) in [5.74, 6) is 0.649. The molecule has 0 aliphatic carbocycles. The fraction of sp³-hybridized carbons (Fsp3) is 0.235. The Bertz CT molecular complexity index is 773. The average molecular weight is 299 g/mol. The number of fused-ring (bicyclic) bond motifs is 1. The lowest BCUT2D eigenvalue weighted by atomic mass is 10.1. The van der Waals surface area contributed by atoms with Crippen LogP contribution in [0.25, 0.3) is 11.0 Å². The van der Waals surface area contributed by atoms with E-state index in [1.54, 1.807) is 31.8 Å². The number of carbonyl (C=O) groups is 1. The number of furan rings is 2. The first-order valence-electron chi connectivity index (χ1n) is 7.06. The van der Waals surface area contributed by atoms with E-state index >= 15 is 0 Å². The summed E-state index contributed by atoms with van der Waals surface area (Å²) >= 11 is 0. The molecule has 1 atom stereocenters. The van der Waals surface area contributed by atoms with Gasteiger partial charge in [0.2, 0.25) is 0 Å². The predicted octanol–water partition coefficient (Wildman–Crippen LogP) is 3.40. The van der Waals surface area contributed by atoms with Crippen molar-refractivity contribution in [2.45, 2.75) is 19.4 Å². The first kappa shape index (κ1) is 14.3. The number of para-hydroxylation sites is 1. The molecule has 0 fully saturated rings. The number of rotatable bonds is 5. The van der Waals surface area contributed by atoms with Crippen molar-refractivity contribution in [3.8, 4) is 5.75 Å². The van der Waals surface area contributed by atoms with Crippen LogP contribution >= 0.6 is 0 Å². The molecule has 1 N–H and O–H groups in total. The molecule has 0 radical (unpaired) electrons. The van der Waals surface area contributed by atoms with E-state index in [9.17, 15) is 4.79 Å². The minimum absolute atomic E-state index is 0.0276. The SMILES string of the molecule is COc1cccc2cc(C(=O)NC(C)Cc3ccoc3)oc12. The summed E-state index contributed by atoms with van der Waals surface area (Å²) in [6, 6.07) is 9.12. The van der Waals surface area contributed by atoms with E-state index in [1.165, 1.54) is 0 Å². The van der Waals surface area contributed by atoms with Gasteiger partial charge in [0, 0.05) is 11.4 Å². The van der Waals surface area contributed by atoms with Crippen LogP contribution in [0.15, 0.2) is 51.7 Å². The highest BCUT2D eigenvalue weighted by Gasteiger charge is 2.16. The van der Waals surface area contributed by atoms with Crippen LogP contribution in [0, 0.1) is 0 Å². The highest BCUT2D eigenvalue weighted by Crippen LogP contribution is 2.28. The van der Waals surface area contributed by atoms with Gasteiger partial charge in [-0.3, -0.25) is 4.79 Å². The molecule has 0 aliphatic heterocycles. The van der Waals surface area contributed by atoms with Crippen LogP contribution in [0.1, 0.15) is 23.0 Å². The normalized spacial score (nSPS) is 12.3. The average Bonchev–Trinajstić information content (AvgIpc) is 3.15. The number of methoxy groups -OCH3 is 1. The van der Waals surface area contributed by atoms with Crippen molar-refractivity contribution in [3.05, 3.63) is 54.2 Å². The van der Waals surface area contributed by atoms with Crippen molar-refractivity contribution >= 4 is 16.9 Å². The third-order valence-electron chi connectivity index (χ3n) is 3.45. The number of ether oxygens (including phenoxy) is 1. The minimum atomic E-state index is -0.241. The molecule has 1 unspecified atom stereocenters. The van der Waals surface area contributed by atoms with E-state index in [2.05, 4.69) is 5.32 Å². The van der Waals surface area contributed by atoms with Gasteiger partial charge in [-0.25, -0.2) is 0 Å². The van der Waals surface area contributed by atoms with Crippen molar-refractivity contribution < 1.29 is 18.4 Å². The van der Waals surface area contributed by atoms with Gasteiger partial charge in [-0.15, -0.1) is 0 Å². The maximum atomic E-state index is 12.3. The molecular formula is C17H17NO4. The minimum Gasteiger partial charge on any atom is -0.493 e. The number of hydrogen-bond acceptors (Lipinski definition) is 4. The number of nitrogens with one attached hydrogen (secondary N) is 1. The monoisotopic (exact) mass is 299 g/mol. The molecule has 3 rings (SSSR count). The Hall–Kier alpha value is -2.69. The summed E-state index contributed by atoms with van der Waals surface area (Å²) in [6.07, 6.45) is 4.00. The lowest BCUT2D eigenvalue weighted by Gasteiger charge is -2.11. The zero-order valence-electron chi connectivity index (χ0n) is 12.5. The molecule has 1 aromatic carbocycles. The maximum Gasteiger partial charge on any atom is 0.287 e. The Kier molecular flexibility index (Phi) is 3.87. The second-order valence-corrected chi connectivity index (χ2v) is 5.20. The Balaban J connectivity index is 1.74. The number of hydrogen-bond donors (Lipinski definition) is 1. The molecule has 0 bridgehead atoms. The second-order valence-electron chi connectivity index (χ2n) is 5.20. The number of benzene rings is 1. The van der Waals surface area contributed by atoms with Crippen LogP contribution in [0.4, 0.5) is 0 Å². The van der Waals surface area contributed by atoms with Gasteiger partial charge in [0.25, 0.3) is 5.91 Å². The van der Waals surface area contributed by atoms with Gasteiger partial charge in [-0.2, -0.15) is 0 Å². The Morgan fingerprint density at radius 3 is 2.95 bits per heavy atom. The summed E-state index contributed by atoms with van der Waals surface area (Å²) in [6.45, 7) is 1.94. The van der Waals surface area contributed by atoms with Gasteiger partial charge in [0.05, 0.1) is 19.6 Å². The Labute approximate surface area is 127 Å². The number of carbonyl (C=O) groups excluding carboxylic acids is 1. The summed E-state index contributed by atoms with van der Waals surface area (Å²) < 4.78 is 15.9. The lowest BCUT2D eigenvalue weighted by molar-refractivity contribution is 0.0914. The van der Waals surface area contributed by atoms with Gasteiger partial charge < -0.3 is 18.9 Å². The van der Waals surface area contributed by atoms with E-state index in [0.29, 0.717) is 17.8 Å². The van der Waals surface area contributed by atoms with Crippen LogP contribution in [-0.4, -0.2) is 19.1 Å². The van der Waals surface area contributed by atoms with Crippen molar-refractivity contribution in [2.24, 2.45) is 0 Å². The van der Waals surface area contributed by atoms with E-state index in [0.717, 1.165) is 10.9 Å². The fourth-order valence-electron chi connectivity index (χ4n) is 2.42. The quantitative estimate of drug-likeness (QED) is 0.784. The molecule has 2 heterocycles. The van der Waals surface area contributed by atoms with Gasteiger partial charge >= 0.3 is 0 Å². The van der Waals surface area contributed by atoms with Gasteiger partial charge in [0.1, 0.15) is 0 Å². The topological polar surface area (TPSA) is 64.6 Å². The maximum absolute atomic E-state index is 12.3. The molecule has 114 valence electrons. The molecule has 0 saturated carbocycles. The molecule has 1 amide bonds.